The molecule has 0 atom stereocenters. The van der Waals surface area contributed by atoms with Crippen molar-refractivity contribution in [3.05, 3.63) is 327 Å². The molecule has 312 valence electrons. The van der Waals surface area contributed by atoms with Crippen LogP contribution in [0.1, 0.15) is 69.3 Å². The molecule has 0 bridgehead atoms. The lowest BCUT2D eigenvalue weighted by atomic mass is 9.67. The molecule has 0 saturated carbocycles. The third-order valence-electron chi connectivity index (χ3n) is 12.4. The average Bonchev–Trinajstić information content (AvgIpc) is 4.04. The highest BCUT2D eigenvalue weighted by Crippen LogP contribution is 2.57. The van der Waals surface area contributed by atoms with Gasteiger partial charge in [-0.1, -0.05) is 258 Å². The molecule has 2 N–H and O–H groups in total. The molecule has 2 aliphatic rings. The highest BCUT2D eigenvalue weighted by atomic mass is 79.9. The minimum absolute atomic E-state index is 0.105. The van der Waals surface area contributed by atoms with Crippen LogP contribution in [0.3, 0.4) is 0 Å². The van der Waals surface area contributed by atoms with E-state index in [4.69, 9.17) is 19.4 Å². The van der Waals surface area contributed by atoms with Gasteiger partial charge in [0, 0.05) is 10.2 Å². The monoisotopic (exact) mass is 907 g/mol. The third kappa shape index (κ3) is 7.60. The molecule has 10 aromatic carbocycles. The normalized spacial score (nSPS) is 15.2. The van der Waals surface area contributed by atoms with Crippen LogP contribution in [0.15, 0.2) is 271 Å². The molecule has 0 aliphatic heterocycles. The van der Waals surface area contributed by atoms with Crippen LogP contribution in [0.5, 0.6) is 0 Å². The van der Waals surface area contributed by atoms with Crippen molar-refractivity contribution in [3.8, 4) is 22.3 Å². The number of anilines is 1. The van der Waals surface area contributed by atoms with Gasteiger partial charge in [-0.15, -0.1) is 0 Å². The fourth-order valence-corrected chi connectivity index (χ4v) is 10.1. The summed E-state index contributed by atoms with van der Waals surface area (Å²) in [6.07, 6.45) is 0.249. The molecule has 0 unspecified atom stereocenters. The number of rotatable bonds is 6. The van der Waals surface area contributed by atoms with Crippen molar-refractivity contribution in [1.29, 1.82) is 0 Å². The Morgan fingerprint density at radius 3 is 1.18 bits per heavy atom. The molecule has 0 fully saturated rings. The van der Waals surface area contributed by atoms with Crippen LogP contribution in [0.4, 0.5) is 5.69 Å². The molecule has 65 heavy (non-hydrogen) atoms. The molecule has 0 spiro atoms. The number of hydrogen-bond acceptors (Lipinski definition) is 1. The number of hydrogen-bond donors (Lipinski definition) is 1. The number of nitrogens with two attached hydrogens (primary N) is 1. The van der Waals surface area contributed by atoms with Crippen LogP contribution < -0.4 is 5.73 Å². The highest BCUT2D eigenvalue weighted by molar-refractivity contribution is 9.10. The first-order valence-corrected chi connectivity index (χ1v) is 22.3. The second-order valence-electron chi connectivity index (χ2n) is 16.0. The Bertz CT molecular complexity index is 3570. The Balaban J connectivity index is 0.000000146. The fraction of sp³-hybridized carbons (Fsp3) is 0.0476. The van der Waals surface area contributed by atoms with Crippen LogP contribution in [0.2, 0.25) is 0 Å². The number of fused-ring (bicyclic) bond motifs is 6. The van der Waals surface area contributed by atoms with E-state index in [1.165, 1.54) is 44.5 Å². The summed E-state index contributed by atoms with van der Waals surface area (Å²) < 4.78 is 77.2. The zero-order valence-corrected chi connectivity index (χ0v) is 36.9. The Labute approximate surface area is 405 Å². The Morgan fingerprint density at radius 2 is 0.723 bits per heavy atom. The van der Waals surface area contributed by atoms with E-state index in [9.17, 15) is 0 Å². The highest BCUT2D eigenvalue weighted by Gasteiger charge is 2.47. The van der Waals surface area contributed by atoms with Crippen molar-refractivity contribution >= 4 is 21.6 Å². The van der Waals surface area contributed by atoms with E-state index in [1.54, 1.807) is 0 Å². The van der Waals surface area contributed by atoms with E-state index in [0.29, 0.717) is 5.56 Å². The van der Waals surface area contributed by atoms with Gasteiger partial charge in [0.15, 0.2) is 0 Å². The molecule has 10 aromatic rings. The van der Waals surface area contributed by atoms with E-state index in [0.717, 1.165) is 33.5 Å². The van der Waals surface area contributed by atoms with E-state index in [1.807, 2.05) is 24.3 Å². The molecular formula is C63H48BrN. The molecule has 0 radical (unpaired) electrons. The van der Waals surface area contributed by atoms with E-state index >= 15 is 0 Å². The van der Waals surface area contributed by atoms with Gasteiger partial charge in [-0.05, 0) is 109 Å². The van der Waals surface area contributed by atoms with Gasteiger partial charge in [-0.3, -0.25) is 0 Å². The number of nitrogen functional groups attached to an aromatic ring is 1. The Hall–Kier alpha value is -7.52. The molecule has 0 aromatic heterocycles. The zero-order chi connectivity index (χ0) is 52.8. The molecule has 2 aliphatic carbocycles. The second-order valence-corrected chi connectivity index (χ2v) is 16.8. The predicted octanol–water partition coefficient (Wildman–Crippen LogP) is 15.7. The lowest BCUT2D eigenvalue weighted by Crippen LogP contribution is -2.28. The first-order valence-electron chi connectivity index (χ1n) is 26.5. The van der Waals surface area contributed by atoms with Gasteiger partial charge < -0.3 is 5.73 Å². The Morgan fingerprint density at radius 1 is 0.354 bits per heavy atom. The average molecular weight is 909 g/mol. The van der Waals surface area contributed by atoms with Crippen molar-refractivity contribution in [2.75, 3.05) is 5.73 Å². The van der Waals surface area contributed by atoms with Crippen LogP contribution in [-0.2, 0) is 17.3 Å². The molecule has 1 nitrogen and oxygen atoms in total. The maximum absolute atomic E-state index is 8.42. The molecule has 0 saturated heterocycles. The van der Waals surface area contributed by atoms with Crippen LogP contribution >= 0.6 is 15.9 Å². The van der Waals surface area contributed by atoms with Gasteiger partial charge in [0.25, 0.3) is 0 Å². The first-order chi connectivity index (χ1) is 36.2. The summed E-state index contributed by atoms with van der Waals surface area (Å²) >= 11 is 2.92. The lowest BCUT2D eigenvalue weighted by Gasteiger charge is -2.34. The SMILES string of the molecule is Nc1ccc2c(c1)C(c1ccccc1)(c1ccccc1)c1ccccc1-2.[2H]c1c([2H])c([2H])c(Br)c([2H])c1[2H].[2H]c1c([2H])c([2H])c(Cc2ccc3c(c2)C(c2ccccc2)(c2ccccc2)c2ccccc2-3)c([2H])c1[2H]. The topological polar surface area (TPSA) is 26.0 Å². The van der Waals surface area contributed by atoms with Crippen molar-refractivity contribution in [2.45, 2.75) is 17.3 Å². The summed E-state index contributed by atoms with van der Waals surface area (Å²) in [4.78, 5) is 0. The molecule has 2 heteroatoms. The predicted molar refractivity (Wildman–Crippen MR) is 275 cm³/mol. The standard InChI is InChI=1S/C32H24.C25H19N.C6H5Br/c1-4-12-24(13-5-1)22-25-20-21-29-28-18-10-11-19-30(28)32(31(29)23-25,26-14-6-2-7-15-26)27-16-8-3-9-17-27;26-20-15-16-22-21-13-7-8-14-23(21)25(24(22)17-20,18-9-3-1-4-10-18)19-11-5-2-6-12-19;7-6-4-2-1-3-5-6/h1-21,23H,22H2;1-17H,26H2;1-5H/i1D,4D,5D,12D,13D;;1D,2D,3D,4D,5D. The third-order valence-corrected chi connectivity index (χ3v) is 12.8. The van der Waals surface area contributed by atoms with Crippen molar-refractivity contribution in [1.82, 2.24) is 0 Å². The minimum Gasteiger partial charge on any atom is -0.399 e. The summed E-state index contributed by atoms with van der Waals surface area (Å²) in [5.74, 6) is 0. The van der Waals surface area contributed by atoms with Gasteiger partial charge in [0.2, 0.25) is 0 Å². The van der Waals surface area contributed by atoms with Gasteiger partial charge in [-0.25, -0.2) is 0 Å². The van der Waals surface area contributed by atoms with E-state index < -0.39 is 5.41 Å². The molecule has 0 heterocycles. The zero-order valence-electron chi connectivity index (χ0n) is 45.3. The maximum Gasteiger partial charge on any atom is 0.0714 e. The van der Waals surface area contributed by atoms with Gasteiger partial charge in [0.05, 0.1) is 24.5 Å². The van der Waals surface area contributed by atoms with Crippen molar-refractivity contribution in [2.24, 2.45) is 0 Å². The van der Waals surface area contributed by atoms with Gasteiger partial charge in [-0.2, -0.15) is 0 Å². The summed E-state index contributed by atoms with van der Waals surface area (Å²) in [7, 11) is 0. The maximum atomic E-state index is 8.42. The number of benzene rings is 10. The summed E-state index contributed by atoms with van der Waals surface area (Å²) in [5.41, 5.74) is 22.0. The molecule has 12 rings (SSSR count). The first kappa shape index (κ1) is 31.3. The largest absolute Gasteiger partial charge is 0.399 e. The smallest absolute Gasteiger partial charge is 0.0714 e. The van der Waals surface area contributed by atoms with Gasteiger partial charge in [0.1, 0.15) is 0 Å². The van der Waals surface area contributed by atoms with Crippen LogP contribution in [0.25, 0.3) is 22.3 Å². The van der Waals surface area contributed by atoms with E-state index in [2.05, 4.69) is 198 Å². The van der Waals surface area contributed by atoms with Crippen LogP contribution in [0, 0.1) is 0 Å². The minimum atomic E-state index is -0.537. The summed E-state index contributed by atoms with van der Waals surface area (Å²) in [5, 5.41) is 0. The fourth-order valence-electron chi connectivity index (χ4n) is 9.87. The van der Waals surface area contributed by atoms with E-state index in [-0.39, 0.29) is 76.7 Å². The van der Waals surface area contributed by atoms with Gasteiger partial charge >= 0.3 is 0 Å². The molecular weight excluding hydrogens is 851 g/mol. The second kappa shape index (κ2) is 18.3. The van der Waals surface area contributed by atoms with Crippen molar-refractivity contribution in [3.63, 3.8) is 0 Å². The lowest BCUT2D eigenvalue weighted by molar-refractivity contribution is 0.767. The van der Waals surface area contributed by atoms with Crippen molar-refractivity contribution < 1.29 is 13.7 Å². The quantitative estimate of drug-likeness (QED) is 0.165. The van der Waals surface area contributed by atoms with Crippen LogP contribution in [-0.4, -0.2) is 0 Å². The Kier molecular flexibility index (Phi) is 8.82. The molecule has 0 amide bonds. The summed E-state index contributed by atoms with van der Waals surface area (Å²) in [6.45, 7) is 0. The summed E-state index contributed by atoms with van der Waals surface area (Å²) in [6, 6.07) is 69.7. The number of halogens is 1.